The Hall–Kier alpha value is -2.54. The number of para-hydroxylation sites is 2. The van der Waals surface area contributed by atoms with Crippen LogP contribution in [0.1, 0.15) is 11.1 Å². The maximum absolute atomic E-state index is 3.51. The third-order valence-corrected chi connectivity index (χ3v) is 3.61. The van der Waals surface area contributed by atoms with Crippen molar-refractivity contribution in [3.63, 3.8) is 0 Å². The van der Waals surface area contributed by atoms with Crippen LogP contribution in [0.4, 0.5) is 11.4 Å². The van der Waals surface area contributed by atoms with Gasteiger partial charge in [-0.1, -0.05) is 60.7 Å². The van der Waals surface area contributed by atoms with E-state index in [-0.39, 0.29) is 0 Å². The van der Waals surface area contributed by atoms with Crippen molar-refractivity contribution in [1.82, 2.24) is 0 Å². The second kappa shape index (κ2) is 3.99. The molecule has 1 N–H and O–H groups in total. The summed E-state index contributed by atoms with van der Waals surface area (Å²) >= 11 is 0. The van der Waals surface area contributed by atoms with E-state index in [4.69, 9.17) is 0 Å². The molecule has 90 valence electrons. The Morgan fingerprint density at radius 2 is 1.16 bits per heavy atom. The van der Waals surface area contributed by atoms with Gasteiger partial charge in [-0.05, 0) is 17.7 Å². The van der Waals surface area contributed by atoms with Crippen LogP contribution in [-0.4, -0.2) is 0 Å². The van der Waals surface area contributed by atoms with Crippen molar-refractivity contribution in [2.75, 3.05) is 5.32 Å². The van der Waals surface area contributed by atoms with Crippen LogP contribution in [0, 0.1) is 0 Å². The monoisotopic (exact) mass is 243 g/mol. The van der Waals surface area contributed by atoms with Gasteiger partial charge in [-0.2, -0.15) is 0 Å². The zero-order valence-electron chi connectivity index (χ0n) is 10.4. The van der Waals surface area contributed by atoms with Gasteiger partial charge in [0.1, 0.15) is 0 Å². The van der Waals surface area contributed by atoms with Crippen molar-refractivity contribution >= 4 is 16.9 Å². The lowest BCUT2D eigenvalue weighted by Crippen LogP contribution is -2.06. The molecule has 19 heavy (non-hydrogen) atoms. The molecular weight excluding hydrogens is 230 g/mol. The maximum atomic E-state index is 3.51. The summed E-state index contributed by atoms with van der Waals surface area (Å²) in [5, 5.41) is 3.51. The number of fused-ring (bicyclic) bond motifs is 2. The second-order valence-electron chi connectivity index (χ2n) is 4.76. The lowest BCUT2D eigenvalue weighted by Gasteiger charge is -2.25. The predicted molar refractivity (Wildman–Crippen MR) is 80.5 cm³/mol. The summed E-state index contributed by atoms with van der Waals surface area (Å²) in [5.74, 6) is 0. The number of hydrogen-bond donors (Lipinski definition) is 1. The fourth-order valence-corrected chi connectivity index (χ4v) is 2.76. The Kier molecular flexibility index (Phi) is 2.18. The molecule has 2 aliphatic rings. The molecule has 0 aromatic heterocycles. The largest absolute Gasteiger partial charge is 0.355 e. The van der Waals surface area contributed by atoms with Crippen LogP contribution in [0.2, 0.25) is 0 Å². The van der Waals surface area contributed by atoms with Gasteiger partial charge < -0.3 is 5.32 Å². The average Bonchev–Trinajstić information content (AvgIpc) is 2.98. The molecule has 1 heteroatoms. The standard InChI is InChI=1S/C18H13N/c1-2-8-13(7-1)18-14-9-3-5-11-16(14)19-17-12-6-4-10-15(17)18/h1-12,19H. The van der Waals surface area contributed by atoms with Gasteiger partial charge in [-0.15, -0.1) is 0 Å². The average molecular weight is 243 g/mol. The SMILES string of the molecule is C1=CC(=C2c3ccccc3Nc3ccccc32)C=C1. The van der Waals surface area contributed by atoms with Crippen LogP contribution < -0.4 is 5.32 Å². The molecule has 2 aromatic rings. The van der Waals surface area contributed by atoms with Crippen LogP contribution in [0.25, 0.3) is 5.57 Å². The van der Waals surface area contributed by atoms with Crippen molar-refractivity contribution in [3.05, 3.63) is 89.5 Å². The topological polar surface area (TPSA) is 12.0 Å². The van der Waals surface area contributed by atoms with Crippen molar-refractivity contribution in [2.45, 2.75) is 0 Å². The summed E-state index contributed by atoms with van der Waals surface area (Å²) in [6.07, 6.45) is 8.54. The molecule has 0 saturated heterocycles. The lowest BCUT2D eigenvalue weighted by atomic mass is 9.88. The highest BCUT2D eigenvalue weighted by Gasteiger charge is 2.21. The number of hydrogen-bond acceptors (Lipinski definition) is 1. The van der Waals surface area contributed by atoms with Gasteiger partial charge in [0.2, 0.25) is 0 Å². The van der Waals surface area contributed by atoms with E-state index in [1.165, 1.54) is 33.6 Å². The van der Waals surface area contributed by atoms with Gasteiger partial charge in [0.25, 0.3) is 0 Å². The molecule has 0 unspecified atom stereocenters. The first-order valence-corrected chi connectivity index (χ1v) is 6.48. The number of anilines is 2. The molecule has 0 radical (unpaired) electrons. The number of allylic oxidation sites excluding steroid dienone is 5. The predicted octanol–water partition coefficient (Wildman–Crippen LogP) is 4.67. The zero-order chi connectivity index (χ0) is 12.7. The van der Waals surface area contributed by atoms with Gasteiger partial charge >= 0.3 is 0 Å². The maximum Gasteiger partial charge on any atom is 0.0464 e. The van der Waals surface area contributed by atoms with Crippen LogP contribution in [0.3, 0.4) is 0 Å². The zero-order valence-corrected chi connectivity index (χ0v) is 10.4. The van der Waals surface area contributed by atoms with E-state index in [2.05, 4.69) is 78.2 Å². The van der Waals surface area contributed by atoms with E-state index in [1.807, 2.05) is 0 Å². The van der Waals surface area contributed by atoms with Crippen molar-refractivity contribution < 1.29 is 0 Å². The molecule has 4 rings (SSSR count). The van der Waals surface area contributed by atoms with Gasteiger partial charge in [-0.25, -0.2) is 0 Å². The third-order valence-electron chi connectivity index (χ3n) is 3.61. The molecule has 0 bridgehead atoms. The van der Waals surface area contributed by atoms with Crippen LogP contribution >= 0.6 is 0 Å². The van der Waals surface area contributed by atoms with Crippen LogP contribution in [0.15, 0.2) is 78.4 Å². The highest BCUT2D eigenvalue weighted by Crippen LogP contribution is 2.42. The Balaban J connectivity index is 2.07. The van der Waals surface area contributed by atoms with E-state index in [9.17, 15) is 0 Å². The fraction of sp³-hybridized carbons (Fsp3) is 0. The third kappa shape index (κ3) is 1.55. The number of rotatable bonds is 0. The first-order valence-electron chi connectivity index (χ1n) is 6.48. The Labute approximate surface area is 112 Å². The number of benzene rings is 2. The van der Waals surface area contributed by atoms with E-state index in [1.54, 1.807) is 0 Å². The summed E-state index contributed by atoms with van der Waals surface area (Å²) in [5.41, 5.74) is 7.49. The van der Waals surface area contributed by atoms with Crippen LogP contribution in [0.5, 0.6) is 0 Å². The molecule has 0 amide bonds. The Morgan fingerprint density at radius 1 is 0.632 bits per heavy atom. The van der Waals surface area contributed by atoms with Crippen molar-refractivity contribution in [3.8, 4) is 0 Å². The summed E-state index contributed by atoms with van der Waals surface area (Å²) in [6, 6.07) is 17.0. The molecule has 0 saturated carbocycles. The molecule has 1 heterocycles. The molecule has 2 aromatic carbocycles. The minimum atomic E-state index is 1.18. The summed E-state index contributed by atoms with van der Waals surface area (Å²) in [7, 11) is 0. The van der Waals surface area contributed by atoms with Gasteiger partial charge in [0.05, 0.1) is 0 Å². The normalized spacial score (nSPS) is 15.2. The second-order valence-corrected chi connectivity index (χ2v) is 4.76. The summed E-state index contributed by atoms with van der Waals surface area (Å²) in [6.45, 7) is 0. The Morgan fingerprint density at radius 3 is 1.74 bits per heavy atom. The van der Waals surface area contributed by atoms with Crippen molar-refractivity contribution in [2.24, 2.45) is 0 Å². The molecule has 1 aliphatic heterocycles. The number of nitrogens with one attached hydrogen (secondary N) is 1. The first-order chi connectivity index (χ1) is 9.43. The highest BCUT2D eigenvalue weighted by molar-refractivity contribution is 5.99. The quantitative estimate of drug-likeness (QED) is 0.605. The summed E-state index contributed by atoms with van der Waals surface area (Å²) in [4.78, 5) is 0. The molecular formula is C18H13N. The van der Waals surface area contributed by atoms with E-state index in [0.717, 1.165) is 0 Å². The minimum Gasteiger partial charge on any atom is -0.355 e. The smallest absolute Gasteiger partial charge is 0.0464 e. The van der Waals surface area contributed by atoms with E-state index in [0.29, 0.717) is 0 Å². The molecule has 1 nitrogen and oxygen atoms in total. The molecule has 1 aliphatic carbocycles. The Bertz CT molecular complexity index is 686. The van der Waals surface area contributed by atoms with E-state index >= 15 is 0 Å². The van der Waals surface area contributed by atoms with Crippen LogP contribution in [-0.2, 0) is 0 Å². The lowest BCUT2D eigenvalue weighted by molar-refractivity contribution is 1.42. The van der Waals surface area contributed by atoms with E-state index < -0.39 is 0 Å². The van der Waals surface area contributed by atoms with Gasteiger partial charge in [0, 0.05) is 28.1 Å². The molecule has 0 atom stereocenters. The minimum absolute atomic E-state index is 1.18. The van der Waals surface area contributed by atoms with Gasteiger partial charge in [0.15, 0.2) is 0 Å². The van der Waals surface area contributed by atoms with Gasteiger partial charge in [-0.3, -0.25) is 0 Å². The molecule has 0 fully saturated rings. The summed E-state index contributed by atoms with van der Waals surface area (Å²) < 4.78 is 0. The van der Waals surface area contributed by atoms with Crippen molar-refractivity contribution in [1.29, 1.82) is 0 Å². The highest BCUT2D eigenvalue weighted by atomic mass is 14.9. The first kappa shape index (κ1) is 10.4. The fourth-order valence-electron chi connectivity index (χ4n) is 2.76. The molecule has 0 spiro atoms.